The van der Waals surface area contributed by atoms with Crippen LogP contribution in [0.5, 0.6) is 0 Å². The first-order valence-electron chi connectivity index (χ1n) is 8.32. The molecule has 0 aromatic heterocycles. The Morgan fingerprint density at radius 3 is 2.71 bits per heavy atom. The van der Waals surface area contributed by atoms with E-state index in [9.17, 15) is 20.0 Å². The average Bonchev–Trinajstić information content (AvgIpc) is 2.55. The molecule has 0 aliphatic carbocycles. The summed E-state index contributed by atoms with van der Waals surface area (Å²) in [7, 11) is 0. The van der Waals surface area contributed by atoms with E-state index < -0.39 is 4.92 Å². The summed E-state index contributed by atoms with van der Waals surface area (Å²) in [4.78, 5) is 24.8. The van der Waals surface area contributed by atoms with Gasteiger partial charge in [-0.15, -0.1) is 0 Å². The van der Waals surface area contributed by atoms with E-state index in [2.05, 4.69) is 10.2 Å². The number of hydrogen-bond donors (Lipinski definition) is 2. The first kappa shape index (κ1) is 18.4. The van der Waals surface area contributed by atoms with Crippen LogP contribution in [0, 0.1) is 23.0 Å². The van der Waals surface area contributed by atoms with Crippen LogP contribution in [0.2, 0.25) is 0 Å². The molecule has 0 bridgehead atoms. The summed E-state index contributed by atoms with van der Waals surface area (Å²) in [6.45, 7) is 5.90. The van der Waals surface area contributed by atoms with Crippen LogP contribution >= 0.6 is 0 Å². The number of aliphatic hydroxyl groups excluding tert-OH is 1. The summed E-state index contributed by atoms with van der Waals surface area (Å²) in [6.07, 6.45) is 1.97. The van der Waals surface area contributed by atoms with Gasteiger partial charge in [-0.2, -0.15) is 0 Å². The van der Waals surface area contributed by atoms with Crippen LogP contribution in [0.4, 0.5) is 11.4 Å². The van der Waals surface area contributed by atoms with Crippen LogP contribution in [0.15, 0.2) is 18.2 Å². The minimum atomic E-state index is -0.447. The number of benzene rings is 1. The Bertz CT molecular complexity index is 595. The zero-order valence-corrected chi connectivity index (χ0v) is 14.2. The lowest BCUT2D eigenvalue weighted by Gasteiger charge is -2.33. The van der Waals surface area contributed by atoms with Crippen LogP contribution in [-0.2, 0) is 4.79 Å². The van der Waals surface area contributed by atoms with Crippen molar-refractivity contribution < 1.29 is 14.8 Å². The van der Waals surface area contributed by atoms with Gasteiger partial charge < -0.3 is 15.3 Å². The molecule has 1 aliphatic heterocycles. The van der Waals surface area contributed by atoms with Gasteiger partial charge in [0, 0.05) is 19.0 Å². The molecule has 1 atom stereocenters. The summed E-state index contributed by atoms with van der Waals surface area (Å²) < 4.78 is 0. The number of carbonyl (C=O) groups excluding carboxylic acids is 1. The highest BCUT2D eigenvalue weighted by Gasteiger charge is 2.23. The highest BCUT2D eigenvalue weighted by Crippen LogP contribution is 2.25. The number of nitro benzene ring substituents is 1. The zero-order valence-electron chi connectivity index (χ0n) is 14.2. The summed E-state index contributed by atoms with van der Waals surface area (Å²) in [5, 5.41) is 23.3. The number of anilines is 1. The fourth-order valence-electron chi connectivity index (χ4n) is 3.09. The van der Waals surface area contributed by atoms with Gasteiger partial charge in [0.05, 0.1) is 22.3 Å². The van der Waals surface area contributed by atoms with E-state index in [0.717, 1.165) is 25.9 Å². The number of nitrogens with zero attached hydrogens (tertiary/aromatic N) is 2. The normalized spacial score (nSPS) is 17.5. The van der Waals surface area contributed by atoms with Crippen LogP contribution in [-0.4, -0.2) is 46.6 Å². The number of amides is 1. The molecule has 0 spiro atoms. The maximum atomic E-state index is 12.1. The van der Waals surface area contributed by atoms with Gasteiger partial charge in [0.2, 0.25) is 5.91 Å². The molecule has 7 nitrogen and oxygen atoms in total. The molecule has 2 N–H and O–H groups in total. The molecule has 132 valence electrons. The van der Waals surface area contributed by atoms with Gasteiger partial charge in [-0.1, -0.05) is 6.07 Å². The second-order valence-electron chi connectivity index (χ2n) is 6.42. The van der Waals surface area contributed by atoms with Gasteiger partial charge in [-0.3, -0.25) is 14.9 Å². The lowest BCUT2D eigenvalue weighted by molar-refractivity contribution is -0.385. The van der Waals surface area contributed by atoms with Crippen molar-refractivity contribution >= 4 is 17.3 Å². The molecule has 24 heavy (non-hydrogen) atoms. The Kier molecular flexibility index (Phi) is 6.28. The molecule has 1 saturated heterocycles. The summed E-state index contributed by atoms with van der Waals surface area (Å²) >= 11 is 0. The molecule has 1 heterocycles. The van der Waals surface area contributed by atoms with Crippen molar-refractivity contribution in [3.63, 3.8) is 0 Å². The molecule has 1 aromatic carbocycles. The monoisotopic (exact) mass is 335 g/mol. The summed E-state index contributed by atoms with van der Waals surface area (Å²) in [6, 6.07) is 4.67. The zero-order chi connectivity index (χ0) is 17.7. The number of nitro groups is 1. The molecule has 1 fully saturated rings. The van der Waals surface area contributed by atoms with E-state index in [1.807, 2.05) is 6.92 Å². The van der Waals surface area contributed by atoms with Gasteiger partial charge >= 0.3 is 0 Å². The number of carbonyl (C=O) groups is 1. The minimum absolute atomic E-state index is 0.00740. The topological polar surface area (TPSA) is 95.7 Å². The molecule has 0 saturated carbocycles. The average molecular weight is 335 g/mol. The minimum Gasteiger partial charge on any atom is -0.393 e. The van der Waals surface area contributed by atoms with Crippen LogP contribution in [0.1, 0.15) is 31.7 Å². The fraction of sp³-hybridized carbons (Fsp3) is 0.588. The third-order valence-electron chi connectivity index (χ3n) is 4.75. The van der Waals surface area contributed by atoms with E-state index in [4.69, 9.17) is 0 Å². The standard InChI is InChI=1S/C17H25N3O4/c1-12-15(4-3-5-16(12)20(23)24)18-17(22)8-11-19-9-6-14(7-10-19)13(2)21/h3-5,13-14,21H,6-11H2,1-2H3,(H,18,22). The highest BCUT2D eigenvalue weighted by molar-refractivity contribution is 5.92. The van der Waals surface area contributed by atoms with Gasteiger partial charge in [-0.25, -0.2) is 0 Å². The molecular weight excluding hydrogens is 310 g/mol. The summed E-state index contributed by atoms with van der Waals surface area (Å²) in [5.74, 6) is 0.207. The maximum Gasteiger partial charge on any atom is 0.274 e. The van der Waals surface area contributed by atoms with Crippen molar-refractivity contribution in [1.29, 1.82) is 0 Å². The van der Waals surface area contributed by atoms with Crippen molar-refractivity contribution in [1.82, 2.24) is 4.90 Å². The molecule has 7 heteroatoms. The van der Waals surface area contributed by atoms with E-state index in [0.29, 0.717) is 30.1 Å². The Hall–Kier alpha value is -1.99. The van der Waals surface area contributed by atoms with Crippen LogP contribution < -0.4 is 5.32 Å². The Morgan fingerprint density at radius 1 is 1.46 bits per heavy atom. The molecule has 2 rings (SSSR count). The predicted octanol–water partition coefficient (Wildman–Crippen LogP) is 2.32. The molecule has 1 aromatic rings. The van der Waals surface area contributed by atoms with Crippen LogP contribution in [0.3, 0.4) is 0 Å². The summed E-state index contributed by atoms with van der Waals surface area (Å²) in [5.41, 5.74) is 0.962. The number of hydrogen-bond acceptors (Lipinski definition) is 5. The number of likely N-dealkylation sites (tertiary alicyclic amines) is 1. The quantitative estimate of drug-likeness (QED) is 0.614. The van der Waals surface area contributed by atoms with Gasteiger partial charge in [0.15, 0.2) is 0 Å². The van der Waals surface area contributed by atoms with Gasteiger partial charge in [0.1, 0.15) is 0 Å². The fourth-order valence-corrected chi connectivity index (χ4v) is 3.09. The molecule has 1 aliphatic rings. The Labute approximate surface area is 141 Å². The van der Waals surface area contributed by atoms with Crippen molar-refractivity contribution in [2.75, 3.05) is 25.0 Å². The number of nitrogens with one attached hydrogen (secondary N) is 1. The van der Waals surface area contributed by atoms with E-state index in [1.165, 1.54) is 6.07 Å². The number of rotatable bonds is 6. The van der Waals surface area contributed by atoms with Gasteiger partial charge in [0.25, 0.3) is 5.69 Å². The van der Waals surface area contributed by atoms with Crippen molar-refractivity contribution in [3.05, 3.63) is 33.9 Å². The molecular formula is C17H25N3O4. The van der Waals surface area contributed by atoms with Crippen molar-refractivity contribution in [2.45, 2.75) is 39.2 Å². The largest absolute Gasteiger partial charge is 0.393 e. The number of piperidine rings is 1. The lowest BCUT2D eigenvalue weighted by Crippen LogP contribution is -2.38. The third kappa shape index (κ3) is 4.75. The smallest absolute Gasteiger partial charge is 0.274 e. The second kappa shape index (κ2) is 8.21. The van der Waals surface area contributed by atoms with E-state index >= 15 is 0 Å². The van der Waals surface area contributed by atoms with Crippen molar-refractivity contribution in [3.8, 4) is 0 Å². The second-order valence-corrected chi connectivity index (χ2v) is 6.42. The molecule has 0 radical (unpaired) electrons. The van der Waals surface area contributed by atoms with Crippen molar-refractivity contribution in [2.24, 2.45) is 5.92 Å². The molecule has 1 amide bonds. The van der Waals surface area contributed by atoms with Crippen LogP contribution in [0.25, 0.3) is 0 Å². The third-order valence-corrected chi connectivity index (χ3v) is 4.75. The first-order valence-corrected chi connectivity index (χ1v) is 8.32. The highest BCUT2D eigenvalue weighted by atomic mass is 16.6. The van der Waals surface area contributed by atoms with Gasteiger partial charge in [-0.05, 0) is 51.8 Å². The number of aliphatic hydroxyl groups is 1. The molecule has 1 unspecified atom stereocenters. The first-order chi connectivity index (χ1) is 11.4. The SMILES string of the molecule is Cc1c(NC(=O)CCN2CCC(C(C)O)CC2)cccc1[N+](=O)[O-]. The maximum absolute atomic E-state index is 12.1. The Balaban J connectivity index is 1.82. The lowest BCUT2D eigenvalue weighted by atomic mass is 9.92. The van der Waals surface area contributed by atoms with E-state index in [1.54, 1.807) is 19.1 Å². The van der Waals surface area contributed by atoms with E-state index in [-0.39, 0.29) is 17.7 Å². The Morgan fingerprint density at radius 2 is 2.12 bits per heavy atom. The predicted molar refractivity (Wildman–Crippen MR) is 91.9 cm³/mol.